The Kier molecular flexibility index (Phi) is 4.81. The summed E-state index contributed by atoms with van der Waals surface area (Å²) in [7, 11) is 0. The van der Waals surface area contributed by atoms with Gasteiger partial charge in [0.25, 0.3) is 0 Å². The van der Waals surface area contributed by atoms with E-state index < -0.39 is 6.16 Å². The van der Waals surface area contributed by atoms with E-state index in [0.717, 1.165) is 0 Å². The molecule has 0 unspecified atom stereocenters. The van der Waals surface area contributed by atoms with Crippen LogP contribution >= 0.6 is 0 Å². The Hall–Kier alpha value is 0.983. The summed E-state index contributed by atoms with van der Waals surface area (Å²) in [5.74, 6) is 0. The first kappa shape index (κ1) is 10.9. The first-order valence-corrected chi connectivity index (χ1v) is 1.02. The van der Waals surface area contributed by atoms with Crippen molar-refractivity contribution in [1.29, 1.82) is 0 Å². The molecule has 6 heteroatoms. The van der Waals surface area contributed by atoms with Crippen LogP contribution in [-0.4, -0.2) is 16.4 Å². The third-order valence-electron chi connectivity index (χ3n) is 0.232. The van der Waals surface area contributed by atoms with E-state index in [4.69, 9.17) is 10.2 Å². The Bertz CT molecular complexity index is 49.7. The summed E-state index contributed by atoms with van der Waals surface area (Å²) >= 11 is 0. The van der Waals surface area contributed by atoms with Crippen LogP contribution in [0.3, 0.4) is 0 Å². The molecule has 1 radical (unpaired) electrons. The molecule has 1 saturated heterocycles. The molecule has 2 N–H and O–H groups in total. The van der Waals surface area contributed by atoms with Crippen molar-refractivity contribution in [2.75, 3.05) is 0 Å². The Morgan fingerprint density at radius 1 is 1.14 bits per heavy atom. The first-order chi connectivity index (χ1) is 2.21. The minimum absolute atomic E-state index is 0. The zero-order valence-electron chi connectivity index (χ0n) is 3.30. The number of rotatable bonds is 0. The standard InChI is InChI=1S/CH2O4.Mn.Zn/c2-1(3)4-5-1;;/h2-3H;;. The van der Waals surface area contributed by atoms with Gasteiger partial charge < -0.3 is 10.2 Å². The normalized spacial score (nSPS) is 21.4. The minimum Gasteiger partial charge on any atom is -0.315 e. The summed E-state index contributed by atoms with van der Waals surface area (Å²) in [6, 6.07) is 0. The molecule has 0 bridgehead atoms. The van der Waals surface area contributed by atoms with E-state index >= 15 is 0 Å². The van der Waals surface area contributed by atoms with Crippen molar-refractivity contribution < 1.29 is 56.5 Å². The first-order valence-electron chi connectivity index (χ1n) is 1.02. The second kappa shape index (κ2) is 3.10. The zero-order valence-corrected chi connectivity index (χ0v) is 7.44. The largest absolute Gasteiger partial charge is 0.461 e. The molecule has 0 aromatic carbocycles. The van der Waals surface area contributed by atoms with Crippen LogP contribution in [0.25, 0.3) is 0 Å². The second-order valence-electron chi connectivity index (χ2n) is 0.715. The summed E-state index contributed by atoms with van der Waals surface area (Å²) in [5.41, 5.74) is 0. The quantitative estimate of drug-likeness (QED) is 0.216. The second-order valence-corrected chi connectivity index (χ2v) is 0.715. The van der Waals surface area contributed by atoms with Gasteiger partial charge in [-0.2, -0.15) is 0 Å². The molecule has 0 atom stereocenters. The summed E-state index contributed by atoms with van der Waals surface area (Å²) < 4.78 is 0. The minimum atomic E-state index is -2.25. The molecule has 0 aromatic heterocycles. The SMILES string of the molecule is OC1(O)OO1.[Mn].[Zn]. The Labute approximate surface area is 63.0 Å². The molecule has 0 spiro atoms. The van der Waals surface area contributed by atoms with Crippen molar-refractivity contribution in [1.82, 2.24) is 0 Å². The molecule has 7 heavy (non-hydrogen) atoms. The van der Waals surface area contributed by atoms with Crippen LogP contribution < -0.4 is 0 Å². The number of hydrogen-bond acceptors (Lipinski definition) is 4. The van der Waals surface area contributed by atoms with Gasteiger partial charge in [-0.15, -0.1) is 9.78 Å². The average molecular weight is 198 g/mol. The fourth-order valence-electron chi connectivity index (χ4n) is 0.0373. The van der Waals surface area contributed by atoms with Crippen LogP contribution in [0.2, 0.25) is 0 Å². The fourth-order valence-corrected chi connectivity index (χ4v) is 0.0373. The Morgan fingerprint density at radius 3 is 1.29 bits per heavy atom. The maximum Gasteiger partial charge on any atom is 0.461 e. The fraction of sp³-hybridized carbons (Fsp3) is 1.00. The molecule has 1 aliphatic heterocycles. The summed E-state index contributed by atoms with van der Waals surface area (Å²) in [6.45, 7) is 0. The van der Waals surface area contributed by atoms with E-state index in [-0.39, 0.29) is 36.5 Å². The van der Waals surface area contributed by atoms with Crippen molar-refractivity contribution in [3.05, 3.63) is 0 Å². The van der Waals surface area contributed by atoms with Gasteiger partial charge in [0.1, 0.15) is 0 Å². The Morgan fingerprint density at radius 2 is 1.29 bits per heavy atom. The number of aliphatic hydroxyl groups is 2. The van der Waals surface area contributed by atoms with Gasteiger partial charge in [-0.25, -0.2) is 0 Å². The molecule has 1 heterocycles. The van der Waals surface area contributed by atoms with Crippen molar-refractivity contribution in [3.63, 3.8) is 0 Å². The topological polar surface area (TPSA) is 65.5 Å². The zero-order chi connectivity index (χ0) is 3.91. The van der Waals surface area contributed by atoms with E-state index in [1.54, 1.807) is 0 Å². The summed E-state index contributed by atoms with van der Waals surface area (Å²) in [5, 5.41) is 15.5. The van der Waals surface area contributed by atoms with Crippen LogP contribution in [-0.2, 0) is 46.3 Å². The molecule has 1 fully saturated rings. The molecule has 0 aliphatic carbocycles. The van der Waals surface area contributed by atoms with E-state index in [0.29, 0.717) is 0 Å². The predicted molar refractivity (Wildman–Crippen MR) is 9.34 cm³/mol. The van der Waals surface area contributed by atoms with Gasteiger partial charge >= 0.3 is 6.16 Å². The maximum absolute atomic E-state index is 7.74. The van der Waals surface area contributed by atoms with Crippen molar-refractivity contribution >= 4 is 0 Å². The van der Waals surface area contributed by atoms with Crippen molar-refractivity contribution in [2.24, 2.45) is 0 Å². The van der Waals surface area contributed by atoms with Gasteiger partial charge in [0.15, 0.2) is 0 Å². The van der Waals surface area contributed by atoms with E-state index in [9.17, 15) is 0 Å². The van der Waals surface area contributed by atoms with E-state index in [2.05, 4.69) is 9.78 Å². The summed E-state index contributed by atoms with van der Waals surface area (Å²) in [4.78, 5) is 7.01. The van der Waals surface area contributed by atoms with Crippen LogP contribution in [0.1, 0.15) is 0 Å². The molecule has 0 saturated carbocycles. The predicted octanol–water partition coefficient (Wildman–Crippen LogP) is -1.46. The van der Waals surface area contributed by atoms with Crippen LogP contribution in [0.4, 0.5) is 0 Å². The van der Waals surface area contributed by atoms with Crippen LogP contribution in [0.5, 0.6) is 0 Å². The summed E-state index contributed by atoms with van der Waals surface area (Å²) in [6.07, 6.45) is -2.25. The molecular weight excluding hydrogens is 196 g/mol. The van der Waals surface area contributed by atoms with Gasteiger partial charge in [0.05, 0.1) is 0 Å². The molecule has 1 aliphatic rings. The molecular formula is CH2MnO4Zn. The van der Waals surface area contributed by atoms with E-state index in [1.807, 2.05) is 0 Å². The third kappa shape index (κ3) is 4.84. The maximum atomic E-state index is 7.74. The smallest absolute Gasteiger partial charge is 0.315 e. The monoisotopic (exact) mass is 197 g/mol. The van der Waals surface area contributed by atoms with Gasteiger partial charge in [-0.05, 0) is 0 Å². The van der Waals surface area contributed by atoms with Crippen LogP contribution in [0.15, 0.2) is 0 Å². The Balaban J connectivity index is 0. The van der Waals surface area contributed by atoms with E-state index in [1.165, 1.54) is 0 Å². The molecule has 4 nitrogen and oxygen atoms in total. The molecule has 1 rings (SSSR count). The molecule has 0 amide bonds. The third-order valence-corrected chi connectivity index (χ3v) is 0.232. The van der Waals surface area contributed by atoms with Gasteiger partial charge in [-0.3, -0.25) is 0 Å². The van der Waals surface area contributed by atoms with Crippen molar-refractivity contribution in [2.45, 2.75) is 6.16 Å². The van der Waals surface area contributed by atoms with Crippen LogP contribution in [0, 0.1) is 0 Å². The van der Waals surface area contributed by atoms with Gasteiger partial charge in [0, 0.05) is 36.5 Å². The van der Waals surface area contributed by atoms with Crippen molar-refractivity contribution in [3.8, 4) is 0 Å². The van der Waals surface area contributed by atoms with Gasteiger partial charge in [0.2, 0.25) is 0 Å². The number of hydrogen-bond donors (Lipinski definition) is 2. The molecule has 0 aromatic rings. The molecule has 39 valence electrons. The van der Waals surface area contributed by atoms with Gasteiger partial charge in [-0.1, -0.05) is 0 Å². The average Bonchev–Trinajstić information content (AvgIpc) is 1.76.